The monoisotopic (exact) mass is 411 g/mol. The summed E-state index contributed by atoms with van der Waals surface area (Å²) in [6.07, 6.45) is 0. The Balaban J connectivity index is 1.50. The standard InChI is InChI=1S/C23H17N5O3/c1-31-19-11-10-13-6-2-3-7-14(13)20(19)17-12-18(26-25-17)22(29)28-27-21-15-8-4-5-9-16(15)24-23(21)30/h2-12,24,30H,1H3,(H,25,26). The molecule has 0 aliphatic carbocycles. The average molecular weight is 411 g/mol. The van der Waals surface area contributed by atoms with Crippen LogP contribution in [0, 0.1) is 0 Å². The number of fused-ring (bicyclic) bond motifs is 2. The van der Waals surface area contributed by atoms with Gasteiger partial charge in [0.25, 0.3) is 0 Å². The number of hydrogen-bond donors (Lipinski definition) is 3. The number of H-pyrrole nitrogens is 2. The van der Waals surface area contributed by atoms with E-state index in [9.17, 15) is 9.90 Å². The second kappa shape index (κ2) is 7.42. The SMILES string of the molecule is COc1ccc2ccccc2c1-c1cc(C(=O)N=Nc2c(O)[nH]c3ccccc23)[nH]n1. The van der Waals surface area contributed by atoms with E-state index in [0.29, 0.717) is 22.3 Å². The molecule has 0 bridgehead atoms. The van der Waals surface area contributed by atoms with E-state index in [-0.39, 0.29) is 17.3 Å². The summed E-state index contributed by atoms with van der Waals surface area (Å²) >= 11 is 0. The minimum atomic E-state index is -0.609. The third-order valence-corrected chi connectivity index (χ3v) is 5.08. The van der Waals surface area contributed by atoms with Crippen LogP contribution in [-0.2, 0) is 0 Å². The van der Waals surface area contributed by atoms with E-state index in [2.05, 4.69) is 25.4 Å². The van der Waals surface area contributed by atoms with Gasteiger partial charge >= 0.3 is 5.91 Å². The highest BCUT2D eigenvalue weighted by Gasteiger charge is 2.17. The number of hydrogen-bond acceptors (Lipinski definition) is 5. The van der Waals surface area contributed by atoms with Crippen molar-refractivity contribution >= 4 is 33.3 Å². The average Bonchev–Trinajstić information content (AvgIpc) is 3.41. The molecule has 1 amide bonds. The Bertz CT molecular complexity index is 1460. The van der Waals surface area contributed by atoms with E-state index in [1.165, 1.54) is 0 Å². The molecule has 0 spiro atoms. The Kier molecular flexibility index (Phi) is 4.44. The van der Waals surface area contributed by atoms with Crippen LogP contribution in [0.15, 0.2) is 77.0 Å². The molecule has 31 heavy (non-hydrogen) atoms. The Labute approximate surface area is 176 Å². The van der Waals surface area contributed by atoms with Crippen LogP contribution in [0.5, 0.6) is 11.6 Å². The minimum absolute atomic E-state index is 0.149. The number of rotatable bonds is 4. The van der Waals surface area contributed by atoms with Crippen molar-refractivity contribution in [3.63, 3.8) is 0 Å². The Morgan fingerprint density at radius 3 is 2.65 bits per heavy atom. The molecule has 0 saturated heterocycles. The number of aromatic amines is 2. The summed E-state index contributed by atoms with van der Waals surface area (Å²) in [7, 11) is 1.59. The highest BCUT2D eigenvalue weighted by molar-refractivity contribution is 6.01. The fourth-order valence-corrected chi connectivity index (χ4v) is 3.61. The van der Waals surface area contributed by atoms with Crippen molar-refractivity contribution in [3.05, 3.63) is 72.4 Å². The van der Waals surface area contributed by atoms with Gasteiger partial charge < -0.3 is 14.8 Å². The van der Waals surface area contributed by atoms with Crippen molar-refractivity contribution in [2.45, 2.75) is 0 Å². The summed E-state index contributed by atoms with van der Waals surface area (Å²) in [6.45, 7) is 0. The normalized spacial score (nSPS) is 11.5. The molecule has 2 heterocycles. The van der Waals surface area contributed by atoms with Gasteiger partial charge in [0.15, 0.2) is 5.69 Å². The highest BCUT2D eigenvalue weighted by Crippen LogP contribution is 2.37. The van der Waals surface area contributed by atoms with Crippen LogP contribution in [0.1, 0.15) is 10.5 Å². The van der Waals surface area contributed by atoms with E-state index < -0.39 is 5.91 Å². The van der Waals surface area contributed by atoms with Gasteiger partial charge in [0.1, 0.15) is 11.4 Å². The number of methoxy groups -OCH3 is 1. The first kappa shape index (κ1) is 18.6. The molecule has 0 aliphatic rings. The fourth-order valence-electron chi connectivity index (χ4n) is 3.61. The topological polar surface area (TPSA) is 116 Å². The lowest BCUT2D eigenvalue weighted by Gasteiger charge is -2.09. The van der Waals surface area contributed by atoms with Crippen molar-refractivity contribution in [2.75, 3.05) is 7.11 Å². The van der Waals surface area contributed by atoms with Crippen LogP contribution in [0.3, 0.4) is 0 Å². The van der Waals surface area contributed by atoms with Gasteiger partial charge in [-0.15, -0.1) is 10.2 Å². The molecule has 152 valence electrons. The van der Waals surface area contributed by atoms with Crippen molar-refractivity contribution in [1.29, 1.82) is 0 Å². The second-order valence-corrected chi connectivity index (χ2v) is 6.90. The van der Waals surface area contributed by atoms with Gasteiger partial charge in [-0.3, -0.25) is 9.89 Å². The van der Waals surface area contributed by atoms with Gasteiger partial charge in [0.05, 0.1) is 23.9 Å². The molecule has 5 aromatic rings. The molecular formula is C23H17N5O3. The zero-order valence-corrected chi connectivity index (χ0v) is 16.5. The quantitative estimate of drug-likeness (QED) is 0.346. The fraction of sp³-hybridized carbons (Fsp3) is 0.0435. The molecule has 2 aromatic heterocycles. The molecule has 8 heteroatoms. The molecule has 0 unspecified atom stereocenters. The summed E-state index contributed by atoms with van der Waals surface area (Å²) < 4.78 is 5.52. The lowest BCUT2D eigenvalue weighted by molar-refractivity contribution is 0.0990. The van der Waals surface area contributed by atoms with E-state index >= 15 is 0 Å². The van der Waals surface area contributed by atoms with Crippen LogP contribution in [0.2, 0.25) is 0 Å². The van der Waals surface area contributed by atoms with Gasteiger partial charge in [-0.25, -0.2) is 0 Å². The molecule has 0 fully saturated rings. The lowest BCUT2D eigenvalue weighted by Crippen LogP contribution is -1.93. The summed E-state index contributed by atoms with van der Waals surface area (Å²) in [5.41, 5.74) is 2.42. The molecular weight excluding hydrogens is 394 g/mol. The molecule has 0 saturated carbocycles. The van der Waals surface area contributed by atoms with Crippen LogP contribution in [-0.4, -0.2) is 33.3 Å². The van der Waals surface area contributed by atoms with Crippen LogP contribution < -0.4 is 4.74 Å². The first-order chi connectivity index (χ1) is 15.2. The molecule has 8 nitrogen and oxygen atoms in total. The zero-order chi connectivity index (χ0) is 21.4. The molecule has 0 atom stereocenters. The maximum Gasteiger partial charge on any atom is 0.313 e. The van der Waals surface area contributed by atoms with Crippen molar-refractivity contribution in [3.8, 4) is 22.9 Å². The van der Waals surface area contributed by atoms with Gasteiger partial charge in [-0.05, 0) is 29.0 Å². The Hall–Kier alpha value is -4.46. The van der Waals surface area contributed by atoms with E-state index in [0.717, 1.165) is 16.3 Å². The molecule has 0 aliphatic heterocycles. The molecule has 3 aromatic carbocycles. The van der Waals surface area contributed by atoms with E-state index in [1.54, 1.807) is 25.3 Å². The number of carbonyl (C=O) groups is 1. The maximum atomic E-state index is 12.6. The highest BCUT2D eigenvalue weighted by atomic mass is 16.5. The number of para-hydroxylation sites is 1. The number of ether oxygens (including phenoxy) is 1. The number of azo groups is 1. The smallest absolute Gasteiger partial charge is 0.313 e. The molecule has 3 N–H and O–H groups in total. The van der Waals surface area contributed by atoms with Crippen molar-refractivity contribution < 1.29 is 14.6 Å². The summed E-state index contributed by atoms with van der Waals surface area (Å²) in [4.78, 5) is 15.4. The molecule has 5 rings (SSSR count). The van der Waals surface area contributed by atoms with Crippen LogP contribution in [0.4, 0.5) is 5.69 Å². The number of carbonyl (C=O) groups excluding carboxylic acids is 1. The van der Waals surface area contributed by atoms with Crippen molar-refractivity contribution in [1.82, 2.24) is 15.2 Å². The second-order valence-electron chi connectivity index (χ2n) is 6.90. The third-order valence-electron chi connectivity index (χ3n) is 5.08. The van der Waals surface area contributed by atoms with Crippen LogP contribution in [0.25, 0.3) is 32.9 Å². The summed E-state index contributed by atoms with van der Waals surface area (Å²) in [6, 6.07) is 20.5. The number of nitrogens with one attached hydrogen (secondary N) is 2. The van der Waals surface area contributed by atoms with Gasteiger partial charge in [-0.2, -0.15) is 5.10 Å². The van der Waals surface area contributed by atoms with Gasteiger partial charge in [0.2, 0.25) is 5.88 Å². The first-order valence-electron chi connectivity index (χ1n) is 9.53. The van der Waals surface area contributed by atoms with Gasteiger partial charge in [0, 0.05) is 5.39 Å². The van der Waals surface area contributed by atoms with Gasteiger partial charge in [-0.1, -0.05) is 48.5 Å². The number of aromatic nitrogens is 3. The summed E-state index contributed by atoms with van der Waals surface area (Å²) in [5, 5.41) is 27.5. The predicted molar refractivity (Wildman–Crippen MR) is 117 cm³/mol. The number of amides is 1. The van der Waals surface area contributed by atoms with Crippen molar-refractivity contribution in [2.24, 2.45) is 10.2 Å². The van der Waals surface area contributed by atoms with E-state index in [4.69, 9.17) is 4.74 Å². The zero-order valence-electron chi connectivity index (χ0n) is 16.5. The first-order valence-corrected chi connectivity index (χ1v) is 9.53. The Morgan fingerprint density at radius 1 is 1.03 bits per heavy atom. The number of nitrogens with zero attached hydrogens (tertiary/aromatic N) is 3. The van der Waals surface area contributed by atoms with Crippen LogP contribution >= 0.6 is 0 Å². The maximum absolute atomic E-state index is 12.6. The third kappa shape index (κ3) is 3.20. The summed E-state index contributed by atoms with van der Waals surface area (Å²) in [5.74, 6) is -0.110. The predicted octanol–water partition coefficient (Wildman–Crippen LogP) is 5.35. The minimum Gasteiger partial charge on any atom is -0.496 e. The molecule has 0 radical (unpaired) electrons. The number of aromatic hydroxyl groups is 1. The Morgan fingerprint density at radius 2 is 1.81 bits per heavy atom. The largest absolute Gasteiger partial charge is 0.496 e. The lowest BCUT2D eigenvalue weighted by atomic mass is 10.0. The van der Waals surface area contributed by atoms with E-state index in [1.807, 2.05) is 48.5 Å². The number of benzene rings is 3.